The summed E-state index contributed by atoms with van der Waals surface area (Å²) >= 11 is 6.05. The van der Waals surface area contributed by atoms with Crippen molar-refractivity contribution >= 4 is 11.6 Å². The van der Waals surface area contributed by atoms with Gasteiger partial charge in [0.1, 0.15) is 0 Å². The number of hydrogen-bond acceptors (Lipinski definition) is 1. The SMILES string of the molecule is CC1CCN(C(c2ccccc2)c2ccc(Cl)cc2)CC1. The first-order valence-corrected chi connectivity index (χ1v) is 8.16. The maximum Gasteiger partial charge on any atom is 0.0601 e. The lowest BCUT2D eigenvalue weighted by atomic mass is 9.92. The molecule has 0 bridgehead atoms. The van der Waals surface area contributed by atoms with Crippen molar-refractivity contribution in [1.82, 2.24) is 4.90 Å². The van der Waals surface area contributed by atoms with Crippen molar-refractivity contribution in [3.63, 3.8) is 0 Å². The molecular formula is C19H22ClN. The van der Waals surface area contributed by atoms with Gasteiger partial charge in [-0.1, -0.05) is 61.0 Å². The molecule has 0 amide bonds. The van der Waals surface area contributed by atoms with Gasteiger partial charge in [-0.05, 0) is 55.1 Å². The lowest BCUT2D eigenvalue weighted by Gasteiger charge is -2.37. The zero-order valence-electron chi connectivity index (χ0n) is 12.5. The Labute approximate surface area is 132 Å². The molecule has 1 aliphatic heterocycles. The number of piperidine rings is 1. The zero-order valence-corrected chi connectivity index (χ0v) is 13.3. The highest BCUT2D eigenvalue weighted by Gasteiger charge is 2.25. The van der Waals surface area contributed by atoms with Crippen molar-refractivity contribution in [3.05, 3.63) is 70.7 Å². The van der Waals surface area contributed by atoms with Crippen LogP contribution in [-0.4, -0.2) is 18.0 Å². The predicted molar refractivity (Wildman–Crippen MR) is 89.7 cm³/mol. The van der Waals surface area contributed by atoms with Crippen LogP contribution in [0, 0.1) is 5.92 Å². The van der Waals surface area contributed by atoms with Crippen LogP contribution >= 0.6 is 11.6 Å². The summed E-state index contributed by atoms with van der Waals surface area (Å²) in [7, 11) is 0. The van der Waals surface area contributed by atoms with Gasteiger partial charge >= 0.3 is 0 Å². The van der Waals surface area contributed by atoms with Gasteiger partial charge in [-0.2, -0.15) is 0 Å². The third kappa shape index (κ3) is 3.48. The molecule has 0 aliphatic carbocycles. The average Bonchev–Trinajstić information content (AvgIpc) is 2.52. The molecule has 1 heterocycles. The predicted octanol–water partition coefficient (Wildman–Crippen LogP) is 5.16. The Morgan fingerprint density at radius 3 is 2.10 bits per heavy atom. The molecule has 1 unspecified atom stereocenters. The summed E-state index contributed by atoms with van der Waals surface area (Å²) < 4.78 is 0. The Morgan fingerprint density at radius 1 is 0.905 bits per heavy atom. The first-order chi connectivity index (χ1) is 10.2. The van der Waals surface area contributed by atoms with E-state index < -0.39 is 0 Å². The van der Waals surface area contributed by atoms with Crippen LogP contribution in [0.4, 0.5) is 0 Å². The molecular weight excluding hydrogens is 278 g/mol. The number of rotatable bonds is 3. The summed E-state index contributed by atoms with van der Waals surface area (Å²) in [6.07, 6.45) is 2.58. The van der Waals surface area contributed by atoms with Gasteiger partial charge < -0.3 is 0 Å². The van der Waals surface area contributed by atoms with Gasteiger partial charge in [-0.25, -0.2) is 0 Å². The van der Waals surface area contributed by atoms with Crippen LogP contribution in [0.15, 0.2) is 54.6 Å². The van der Waals surface area contributed by atoms with E-state index in [2.05, 4.69) is 54.3 Å². The van der Waals surface area contributed by atoms with Gasteiger partial charge in [-0.3, -0.25) is 4.90 Å². The van der Waals surface area contributed by atoms with Gasteiger partial charge in [0.2, 0.25) is 0 Å². The summed E-state index contributed by atoms with van der Waals surface area (Å²) in [4.78, 5) is 2.61. The van der Waals surface area contributed by atoms with E-state index in [0.717, 1.165) is 10.9 Å². The molecule has 2 aromatic rings. The largest absolute Gasteiger partial charge is 0.292 e. The summed E-state index contributed by atoms with van der Waals surface area (Å²) in [5.41, 5.74) is 2.70. The molecule has 0 aromatic heterocycles. The quantitative estimate of drug-likeness (QED) is 0.756. The number of benzene rings is 2. The Bertz CT molecular complexity index is 556. The molecule has 1 aliphatic rings. The lowest BCUT2D eigenvalue weighted by molar-refractivity contribution is 0.157. The van der Waals surface area contributed by atoms with Gasteiger partial charge in [0, 0.05) is 5.02 Å². The fraction of sp³-hybridized carbons (Fsp3) is 0.368. The average molecular weight is 300 g/mol. The lowest BCUT2D eigenvalue weighted by Crippen LogP contribution is -2.36. The van der Waals surface area contributed by atoms with Crippen molar-refractivity contribution in [2.24, 2.45) is 5.92 Å². The first kappa shape index (κ1) is 14.6. The summed E-state index contributed by atoms with van der Waals surface area (Å²) in [5, 5.41) is 0.804. The molecule has 0 radical (unpaired) electrons. The Hall–Kier alpha value is -1.31. The minimum Gasteiger partial charge on any atom is -0.292 e. The van der Waals surface area contributed by atoms with Gasteiger partial charge in [0.15, 0.2) is 0 Å². The van der Waals surface area contributed by atoms with Gasteiger partial charge in [0.25, 0.3) is 0 Å². The van der Waals surface area contributed by atoms with Crippen molar-refractivity contribution in [1.29, 1.82) is 0 Å². The van der Waals surface area contributed by atoms with Crippen molar-refractivity contribution in [2.75, 3.05) is 13.1 Å². The number of hydrogen-bond donors (Lipinski definition) is 0. The van der Waals surface area contributed by atoms with E-state index in [0.29, 0.717) is 6.04 Å². The van der Waals surface area contributed by atoms with E-state index in [1.165, 1.54) is 37.1 Å². The third-order valence-electron chi connectivity index (χ3n) is 4.48. The van der Waals surface area contributed by atoms with E-state index in [9.17, 15) is 0 Å². The van der Waals surface area contributed by atoms with Crippen molar-refractivity contribution in [2.45, 2.75) is 25.8 Å². The fourth-order valence-electron chi connectivity index (χ4n) is 3.18. The molecule has 21 heavy (non-hydrogen) atoms. The minimum absolute atomic E-state index is 0.343. The molecule has 2 heteroatoms. The summed E-state index contributed by atoms with van der Waals surface area (Å²) in [6.45, 7) is 4.70. The standard InChI is InChI=1S/C19H22ClN/c1-15-11-13-21(14-12-15)19(16-5-3-2-4-6-16)17-7-9-18(20)10-8-17/h2-10,15,19H,11-14H2,1H3. The third-order valence-corrected chi connectivity index (χ3v) is 4.74. The maximum atomic E-state index is 6.05. The Balaban J connectivity index is 1.93. The molecule has 1 saturated heterocycles. The normalized spacial score (nSPS) is 18.6. The highest BCUT2D eigenvalue weighted by atomic mass is 35.5. The monoisotopic (exact) mass is 299 g/mol. The van der Waals surface area contributed by atoms with Crippen LogP contribution in [0.2, 0.25) is 5.02 Å². The van der Waals surface area contributed by atoms with Crippen LogP contribution in [0.25, 0.3) is 0 Å². The molecule has 0 saturated carbocycles. The van der Waals surface area contributed by atoms with E-state index in [1.807, 2.05) is 12.1 Å². The highest BCUT2D eigenvalue weighted by molar-refractivity contribution is 6.30. The van der Waals surface area contributed by atoms with E-state index in [1.54, 1.807) is 0 Å². The van der Waals surface area contributed by atoms with Crippen molar-refractivity contribution in [3.8, 4) is 0 Å². The molecule has 3 rings (SSSR count). The minimum atomic E-state index is 0.343. The van der Waals surface area contributed by atoms with Crippen LogP contribution in [-0.2, 0) is 0 Å². The Kier molecular flexibility index (Phi) is 4.62. The summed E-state index contributed by atoms with van der Waals surface area (Å²) in [5.74, 6) is 0.850. The Morgan fingerprint density at radius 2 is 1.48 bits per heavy atom. The number of halogens is 1. The second kappa shape index (κ2) is 6.64. The van der Waals surface area contributed by atoms with Crippen LogP contribution in [0.1, 0.15) is 36.9 Å². The topological polar surface area (TPSA) is 3.24 Å². The second-order valence-corrected chi connectivity index (χ2v) is 6.52. The van der Waals surface area contributed by atoms with E-state index in [4.69, 9.17) is 11.6 Å². The fourth-order valence-corrected chi connectivity index (χ4v) is 3.31. The molecule has 1 fully saturated rings. The zero-order chi connectivity index (χ0) is 14.7. The van der Waals surface area contributed by atoms with Crippen LogP contribution in [0.5, 0.6) is 0 Å². The molecule has 0 N–H and O–H groups in total. The first-order valence-electron chi connectivity index (χ1n) is 7.78. The second-order valence-electron chi connectivity index (χ2n) is 6.08. The number of nitrogens with zero attached hydrogens (tertiary/aromatic N) is 1. The molecule has 1 atom stereocenters. The molecule has 2 aromatic carbocycles. The highest BCUT2D eigenvalue weighted by Crippen LogP contribution is 2.32. The smallest absolute Gasteiger partial charge is 0.0601 e. The molecule has 110 valence electrons. The molecule has 0 spiro atoms. The van der Waals surface area contributed by atoms with E-state index >= 15 is 0 Å². The maximum absolute atomic E-state index is 6.05. The summed E-state index contributed by atoms with van der Waals surface area (Å²) in [6, 6.07) is 19.5. The van der Waals surface area contributed by atoms with E-state index in [-0.39, 0.29) is 0 Å². The number of likely N-dealkylation sites (tertiary alicyclic amines) is 1. The van der Waals surface area contributed by atoms with Crippen LogP contribution in [0.3, 0.4) is 0 Å². The van der Waals surface area contributed by atoms with Gasteiger partial charge in [0.05, 0.1) is 6.04 Å². The van der Waals surface area contributed by atoms with Crippen LogP contribution < -0.4 is 0 Å². The van der Waals surface area contributed by atoms with Crippen molar-refractivity contribution < 1.29 is 0 Å². The van der Waals surface area contributed by atoms with Gasteiger partial charge in [-0.15, -0.1) is 0 Å². The molecule has 1 nitrogen and oxygen atoms in total.